The van der Waals surface area contributed by atoms with Crippen molar-refractivity contribution in [3.63, 3.8) is 0 Å². The molecule has 1 aromatic rings. The number of nitrogens with one attached hydrogen (secondary N) is 1. The minimum absolute atomic E-state index is 0.00112. The van der Waals surface area contributed by atoms with Crippen LogP contribution < -0.4 is 15.8 Å². The van der Waals surface area contributed by atoms with Crippen LogP contribution in [-0.4, -0.2) is 43.1 Å². The predicted octanol–water partition coefficient (Wildman–Crippen LogP) is 2.83. The van der Waals surface area contributed by atoms with Crippen molar-refractivity contribution in [2.75, 3.05) is 32.0 Å². The summed E-state index contributed by atoms with van der Waals surface area (Å²) in [6.07, 6.45) is 1.97. The third-order valence-corrected chi connectivity index (χ3v) is 5.45. The molecule has 1 heterocycles. The van der Waals surface area contributed by atoms with Gasteiger partial charge in [0.1, 0.15) is 5.75 Å². The Hall–Kier alpha value is -1.46. The maximum atomic E-state index is 12.6. The Morgan fingerprint density at radius 2 is 1.88 bits per heavy atom. The molecule has 0 saturated carbocycles. The molecule has 1 fully saturated rings. The van der Waals surface area contributed by atoms with E-state index in [1.54, 1.807) is 0 Å². The molecule has 0 radical (unpaired) electrons. The molecule has 0 atom stereocenters. The van der Waals surface area contributed by atoms with E-state index in [2.05, 4.69) is 5.32 Å². The molecule has 1 aliphatic rings. The van der Waals surface area contributed by atoms with E-state index in [0.717, 1.165) is 42.6 Å². The summed E-state index contributed by atoms with van der Waals surface area (Å²) in [7, 11) is 0. The van der Waals surface area contributed by atoms with Gasteiger partial charge in [-0.05, 0) is 70.3 Å². The van der Waals surface area contributed by atoms with Crippen molar-refractivity contribution in [2.24, 2.45) is 0 Å². The molecular formula is C18H28ClN3O2. The molecule has 0 spiro atoms. The lowest BCUT2D eigenvalue weighted by Gasteiger charge is -2.34. The predicted molar refractivity (Wildman–Crippen MR) is 98.8 cm³/mol. The Morgan fingerprint density at radius 1 is 1.25 bits per heavy atom. The average molecular weight is 354 g/mol. The molecule has 1 saturated heterocycles. The van der Waals surface area contributed by atoms with Crippen LogP contribution in [0.25, 0.3) is 0 Å². The minimum atomic E-state index is 0.00112. The van der Waals surface area contributed by atoms with Gasteiger partial charge in [-0.25, -0.2) is 0 Å². The highest BCUT2D eigenvalue weighted by Crippen LogP contribution is 2.38. The molecule has 0 aromatic heterocycles. The molecule has 1 aliphatic heterocycles. The fourth-order valence-electron chi connectivity index (χ4n) is 3.25. The summed E-state index contributed by atoms with van der Waals surface area (Å²) in [5.41, 5.74) is 9.37. The average Bonchev–Trinajstić information content (AvgIpc) is 2.60. The van der Waals surface area contributed by atoms with Crippen molar-refractivity contribution < 1.29 is 9.53 Å². The Kier molecular flexibility index (Phi) is 6.35. The number of nitrogen functional groups attached to an aromatic ring is 1. The Morgan fingerprint density at radius 3 is 2.46 bits per heavy atom. The number of piperidine rings is 1. The molecule has 2 rings (SSSR count). The fraction of sp³-hybridized carbons (Fsp3) is 0.611. The zero-order chi connectivity index (χ0) is 17.9. The van der Waals surface area contributed by atoms with E-state index < -0.39 is 0 Å². The van der Waals surface area contributed by atoms with Gasteiger partial charge < -0.3 is 20.7 Å². The number of halogens is 1. The molecule has 5 nitrogen and oxygen atoms in total. The van der Waals surface area contributed by atoms with Crippen LogP contribution in [0.4, 0.5) is 5.69 Å². The zero-order valence-corrected chi connectivity index (χ0v) is 15.8. The van der Waals surface area contributed by atoms with Crippen LogP contribution in [-0.2, 0) is 4.79 Å². The minimum Gasteiger partial charge on any atom is -0.482 e. The number of anilines is 1. The van der Waals surface area contributed by atoms with Crippen LogP contribution in [0.3, 0.4) is 0 Å². The van der Waals surface area contributed by atoms with Crippen molar-refractivity contribution in [3.8, 4) is 5.75 Å². The second-order valence-corrected chi connectivity index (χ2v) is 6.76. The number of rotatable bonds is 5. The fourth-order valence-corrected chi connectivity index (χ4v) is 3.55. The van der Waals surface area contributed by atoms with E-state index in [-0.39, 0.29) is 12.5 Å². The summed E-state index contributed by atoms with van der Waals surface area (Å²) < 4.78 is 5.83. The molecule has 6 heteroatoms. The van der Waals surface area contributed by atoms with Gasteiger partial charge in [-0.15, -0.1) is 0 Å². The van der Waals surface area contributed by atoms with Crippen LogP contribution in [0.5, 0.6) is 5.75 Å². The third-order valence-electron chi connectivity index (χ3n) is 4.99. The first-order chi connectivity index (χ1) is 11.4. The number of benzene rings is 1. The molecule has 3 N–H and O–H groups in total. The lowest BCUT2D eigenvalue weighted by Crippen LogP contribution is -2.47. The summed E-state index contributed by atoms with van der Waals surface area (Å²) in [6.45, 7) is 10.3. The van der Waals surface area contributed by atoms with Crippen LogP contribution in [0.2, 0.25) is 5.02 Å². The van der Waals surface area contributed by atoms with E-state index >= 15 is 0 Å². The Balaban J connectivity index is 2.11. The van der Waals surface area contributed by atoms with E-state index in [4.69, 9.17) is 22.1 Å². The van der Waals surface area contributed by atoms with Crippen LogP contribution >= 0.6 is 11.6 Å². The summed E-state index contributed by atoms with van der Waals surface area (Å²) in [5.74, 6) is 0.572. The highest BCUT2D eigenvalue weighted by atomic mass is 35.5. The van der Waals surface area contributed by atoms with Gasteiger partial charge in [0.25, 0.3) is 5.91 Å². The monoisotopic (exact) mass is 353 g/mol. The Bertz CT molecular complexity index is 584. The topological polar surface area (TPSA) is 67.6 Å². The number of ether oxygens (including phenoxy) is 1. The maximum absolute atomic E-state index is 12.6. The lowest BCUT2D eigenvalue weighted by atomic mass is 10.0. The normalized spacial score (nSPS) is 15.4. The molecule has 134 valence electrons. The summed E-state index contributed by atoms with van der Waals surface area (Å²) >= 11 is 6.38. The van der Waals surface area contributed by atoms with E-state index in [1.165, 1.54) is 0 Å². The second-order valence-electron chi connectivity index (χ2n) is 6.38. The first-order valence-corrected chi connectivity index (χ1v) is 8.93. The Labute approximate surface area is 149 Å². The number of nitrogens with zero attached hydrogens (tertiary/aromatic N) is 1. The van der Waals surface area contributed by atoms with Crippen molar-refractivity contribution in [1.82, 2.24) is 10.2 Å². The molecule has 0 bridgehead atoms. The largest absolute Gasteiger partial charge is 0.482 e. The van der Waals surface area contributed by atoms with Gasteiger partial charge in [0.15, 0.2) is 6.61 Å². The van der Waals surface area contributed by atoms with Gasteiger partial charge in [0.2, 0.25) is 0 Å². The smallest absolute Gasteiger partial charge is 0.260 e. The summed E-state index contributed by atoms with van der Waals surface area (Å²) in [6, 6.07) is 0.291. The molecule has 24 heavy (non-hydrogen) atoms. The molecule has 0 aliphatic carbocycles. The number of amides is 1. The lowest BCUT2D eigenvalue weighted by molar-refractivity contribution is -0.136. The van der Waals surface area contributed by atoms with Crippen molar-refractivity contribution in [1.29, 1.82) is 0 Å². The molecule has 1 aromatic carbocycles. The van der Waals surface area contributed by atoms with Crippen LogP contribution in [0, 0.1) is 20.8 Å². The number of carbonyl (C=O) groups is 1. The summed E-state index contributed by atoms with van der Waals surface area (Å²) in [5, 5.41) is 3.82. The third kappa shape index (κ3) is 3.78. The van der Waals surface area contributed by atoms with Crippen molar-refractivity contribution >= 4 is 23.2 Å². The van der Waals surface area contributed by atoms with Gasteiger partial charge >= 0.3 is 0 Å². The van der Waals surface area contributed by atoms with Gasteiger partial charge in [0.05, 0.1) is 5.02 Å². The van der Waals surface area contributed by atoms with Gasteiger partial charge in [-0.1, -0.05) is 11.6 Å². The molecule has 1 amide bonds. The quantitative estimate of drug-likeness (QED) is 0.799. The molecule has 0 unspecified atom stereocenters. The van der Waals surface area contributed by atoms with E-state index in [9.17, 15) is 4.79 Å². The van der Waals surface area contributed by atoms with Crippen LogP contribution in [0.1, 0.15) is 36.5 Å². The first-order valence-electron chi connectivity index (χ1n) is 8.56. The zero-order valence-electron chi connectivity index (χ0n) is 15.0. The first kappa shape index (κ1) is 18.9. The van der Waals surface area contributed by atoms with Gasteiger partial charge in [-0.3, -0.25) is 4.79 Å². The molecular weight excluding hydrogens is 326 g/mol. The van der Waals surface area contributed by atoms with Crippen molar-refractivity contribution in [2.45, 2.75) is 46.6 Å². The number of nitrogens with two attached hydrogens (primary N) is 1. The van der Waals surface area contributed by atoms with Gasteiger partial charge in [0, 0.05) is 18.3 Å². The standard InChI is InChI=1S/C18H28ClN3O2/c1-5-22(14-6-8-21-9-7-14)15(23)10-24-18-12(3)11(2)17(20)13(4)16(18)19/h14,21H,5-10,20H2,1-4H3. The number of carbonyl (C=O) groups excluding carboxylic acids is 1. The van der Waals surface area contributed by atoms with Crippen molar-refractivity contribution in [3.05, 3.63) is 21.7 Å². The number of hydrogen-bond donors (Lipinski definition) is 2. The SMILES string of the molecule is CCN(C(=O)COc1c(C)c(C)c(N)c(C)c1Cl)C1CCNCC1. The summed E-state index contributed by atoms with van der Waals surface area (Å²) in [4.78, 5) is 14.5. The van der Waals surface area contributed by atoms with E-state index in [0.29, 0.717) is 29.0 Å². The highest BCUT2D eigenvalue weighted by Gasteiger charge is 2.25. The highest BCUT2D eigenvalue weighted by molar-refractivity contribution is 6.33. The number of likely N-dealkylation sites (N-methyl/N-ethyl adjacent to an activating group) is 1. The van der Waals surface area contributed by atoms with Gasteiger partial charge in [-0.2, -0.15) is 0 Å². The van der Waals surface area contributed by atoms with E-state index in [1.807, 2.05) is 32.6 Å². The second kappa shape index (κ2) is 8.08. The van der Waals surface area contributed by atoms with Crippen LogP contribution in [0.15, 0.2) is 0 Å². The number of hydrogen-bond acceptors (Lipinski definition) is 4. The maximum Gasteiger partial charge on any atom is 0.260 e.